The zero-order valence-electron chi connectivity index (χ0n) is 7.65. The van der Waals surface area contributed by atoms with Crippen molar-refractivity contribution in [3.05, 3.63) is 23.1 Å². The Kier molecular flexibility index (Phi) is 1.73. The molecule has 0 amide bonds. The molecule has 0 bridgehead atoms. The Labute approximate surface area is 75.6 Å². The van der Waals surface area contributed by atoms with Crippen LogP contribution in [0.1, 0.15) is 17.1 Å². The quantitative estimate of drug-likeness (QED) is 0.675. The number of aryl methyl sites for hydroxylation is 2. The number of hydrogen-bond donors (Lipinski definition) is 1. The Hall–Kier alpha value is -1.49. The Morgan fingerprint density at radius 3 is 2.85 bits per heavy atom. The summed E-state index contributed by atoms with van der Waals surface area (Å²) in [7, 11) is 0. The van der Waals surface area contributed by atoms with Crippen LogP contribution in [0.2, 0.25) is 0 Å². The van der Waals surface area contributed by atoms with Gasteiger partial charge in [0.05, 0.1) is 17.1 Å². The first-order chi connectivity index (χ1) is 6.22. The van der Waals surface area contributed by atoms with E-state index in [4.69, 9.17) is 5.73 Å². The zero-order valence-corrected chi connectivity index (χ0v) is 7.65. The average Bonchev–Trinajstić information content (AvgIpc) is 2.47. The molecule has 2 rings (SSSR count). The Bertz CT molecular complexity index is 445. The largest absolute Gasteiger partial charge is 0.325 e. The first-order valence-electron chi connectivity index (χ1n) is 4.11. The lowest BCUT2D eigenvalue weighted by molar-refractivity contribution is 0.784. The first kappa shape index (κ1) is 8.12. The van der Waals surface area contributed by atoms with Crippen LogP contribution < -0.4 is 5.73 Å². The van der Waals surface area contributed by atoms with Crippen LogP contribution in [0, 0.1) is 13.8 Å². The van der Waals surface area contributed by atoms with Gasteiger partial charge in [-0.25, -0.2) is 4.52 Å². The predicted octanol–water partition coefficient (Wildman–Crippen LogP) is 0.200. The minimum atomic E-state index is 0.397. The van der Waals surface area contributed by atoms with Crippen molar-refractivity contribution in [2.45, 2.75) is 20.4 Å². The van der Waals surface area contributed by atoms with Gasteiger partial charge < -0.3 is 5.73 Å². The average molecular weight is 177 g/mol. The molecule has 5 nitrogen and oxygen atoms in total. The maximum absolute atomic E-state index is 5.50. The van der Waals surface area contributed by atoms with Gasteiger partial charge in [0, 0.05) is 12.6 Å². The van der Waals surface area contributed by atoms with Gasteiger partial charge in [-0.1, -0.05) is 0 Å². The maximum Gasteiger partial charge on any atom is 0.177 e. The standard InChI is InChI=1S/C8H11N5/c1-5-3-8-11-10-7(4-9)6(2)13(8)12-5/h3H,4,9H2,1-2H3. The van der Waals surface area contributed by atoms with Crippen molar-refractivity contribution in [2.24, 2.45) is 5.73 Å². The van der Waals surface area contributed by atoms with Crippen molar-refractivity contribution in [2.75, 3.05) is 0 Å². The second kappa shape index (κ2) is 2.77. The summed E-state index contributed by atoms with van der Waals surface area (Å²) in [6.45, 7) is 4.26. The van der Waals surface area contributed by atoms with Gasteiger partial charge in [0.1, 0.15) is 0 Å². The van der Waals surface area contributed by atoms with Gasteiger partial charge in [0.25, 0.3) is 0 Å². The molecule has 2 aromatic heterocycles. The summed E-state index contributed by atoms with van der Waals surface area (Å²) < 4.78 is 1.77. The fourth-order valence-corrected chi connectivity index (χ4v) is 1.30. The highest BCUT2D eigenvalue weighted by Crippen LogP contribution is 2.07. The number of aromatic nitrogens is 4. The van der Waals surface area contributed by atoms with Crippen molar-refractivity contribution < 1.29 is 0 Å². The summed E-state index contributed by atoms with van der Waals surface area (Å²) in [6.07, 6.45) is 0. The molecule has 2 N–H and O–H groups in total. The van der Waals surface area contributed by atoms with Crippen molar-refractivity contribution in [1.82, 2.24) is 19.8 Å². The van der Waals surface area contributed by atoms with Gasteiger partial charge in [0.15, 0.2) is 5.65 Å². The molecule has 0 aromatic carbocycles. The van der Waals surface area contributed by atoms with Crippen LogP contribution in [0.3, 0.4) is 0 Å². The SMILES string of the molecule is Cc1cc2nnc(CN)c(C)n2n1. The second-order valence-electron chi connectivity index (χ2n) is 2.99. The van der Waals surface area contributed by atoms with E-state index in [1.54, 1.807) is 4.52 Å². The molecule has 0 aliphatic rings. The van der Waals surface area contributed by atoms with Crippen LogP contribution in [0.5, 0.6) is 0 Å². The molecular formula is C8H11N5. The van der Waals surface area contributed by atoms with Crippen LogP contribution in [0.4, 0.5) is 0 Å². The molecule has 0 radical (unpaired) electrons. The highest BCUT2D eigenvalue weighted by Gasteiger charge is 2.06. The fourth-order valence-electron chi connectivity index (χ4n) is 1.30. The van der Waals surface area contributed by atoms with Gasteiger partial charge in [0.2, 0.25) is 0 Å². The van der Waals surface area contributed by atoms with E-state index < -0.39 is 0 Å². The number of rotatable bonds is 1. The summed E-state index contributed by atoms with van der Waals surface area (Å²) in [6, 6.07) is 1.89. The van der Waals surface area contributed by atoms with E-state index in [-0.39, 0.29) is 0 Å². The topological polar surface area (TPSA) is 69.1 Å². The summed E-state index contributed by atoms with van der Waals surface area (Å²) in [5, 5.41) is 12.3. The van der Waals surface area contributed by atoms with Crippen LogP contribution in [-0.4, -0.2) is 19.8 Å². The van der Waals surface area contributed by atoms with Gasteiger partial charge in [-0.3, -0.25) is 0 Å². The highest BCUT2D eigenvalue weighted by atomic mass is 15.3. The molecule has 0 saturated heterocycles. The van der Waals surface area contributed by atoms with Crippen molar-refractivity contribution in [3.8, 4) is 0 Å². The molecule has 68 valence electrons. The third-order valence-corrected chi connectivity index (χ3v) is 2.01. The monoisotopic (exact) mass is 177 g/mol. The molecular weight excluding hydrogens is 166 g/mol. The first-order valence-corrected chi connectivity index (χ1v) is 4.11. The number of nitrogens with zero attached hydrogens (tertiary/aromatic N) is 4. The normalized spacial score (nSPS) is 11.0. The van der Waals surface area contributed by atoms with E-state index in [1.165, 1.54) is 0 Å². The van der Waals surface area contributed by atoms with Crippen molar-refractivity contribution in [3.63, 3.8) is 0 Å². The van der Waals surface area contributed by atoms with Gasteiger partial charge >= 0.3 is 0 Å². The molecule has 5 heteroatoms. The van der Waals surface area contributed by atoms with Crippen molar-refractivity contribution in [1.29, 1.82) is 0 Å². The van der Waals surface area contributed by atoms with Crippen LogP contribution in [0.15, 0.2) is 6.07 Å². The maximum atomic E-state index is 5.50. The Balaban J connectivity index is 2.78. The Morgan fingerprint density at radius 2 is 2.15 bits per heavy atom. The Morgan fingerprint density at radius 1 is 1.38 bits per heavy atom. The molecule has 0 unspecified atom stereocenters. The number of fused-ring (bicyclic) bond motifs is 1. The second-order valence-corrected chi connectivity index (χ2v) is 2.99. The lowest BCUT2D eigenvalue weighted by Crippen LogP contribution is -2.09. The summed E-state index contributed by atoms with van der Waals surface area (Å²) in [5.41, 5.74) is 8.96. The minimum Gasteiger partial charge on any atom is -0.325 e. The van der Waals surface area contributed by atoms with E-state index >= 15 is 0 Å². The molecule has 0 spiro atoms. The molecule has 0 saturated carbocycles. The predicted molar refractivity (Wildman–Crippen MR) is 48.1 cm³/mol. The lowest BCUT2D eigenvalue weighted by atomic mass is 10.3. The summed E-state index contributed by atoms with van der Waals surface area (Å²) in [5.74, 6) is 0. The van der Waals surface area contributed by atoms with E-state index in [0.717, 1.165) is 22.7 Å². The van der Waals surface area contributed by atoms with E-state index in [2.05, 4.69) is 15.3 Å². The van der Waals surface area contributed by atoms with E-state index in [9.17, 15) is 0 Å². The third-order valence-electron chi connectivity index (χ3n) is 2.01. The molecule has 0 fully saturated rings. The minimum absolute atomic E-state index is 0.397. The number of hydrogen-bond acceptors (Lipinski definition) is 4. The molecule has 0 aliphatic carbocycles. The van der Waals surface area contributed by atoms with E-state index in [0.29, 0.717) is 6.54 Å². The fraction of sp³-hybridized carbons (Fsp3) is 0.375. The smallest absolute Gasteiger partial charge is 0.177 e. The van der Waals surface area contributed by atoms with Gasteiger partial charge in [-0.15, -0.1) is 5.10 Å². The lowest BCUT2D eigenvalue weighted by Gasteiger charge is -2.01. The molecule has 0 atom stereocenters. The highest BCUT2D eigenvalue weighted by molar-refractivity contribution is 5.39. The van der Waals surface area contributed by atoms with Gasteiger partial charge in [-0.2, -0.15) is 10.2 Å². The van der Waals surface area contributed by atoms with Crippen molar-refractivity contribution >= 4 is 5.65 Å². The summed E-state index contributed by atoms with van der Waals surface area (Å²) >= 11 is 0. The molecule has 0 aliphatic heterocycles. The van der Waals surface area contributed by atoms with Crippen LogP contribution >= 0.6 is 0 Å². The molecule has 2 aromatic rings. The molecule has 2 heterocycles. The third kappa shape index (κ3) is 1.17. The van der Waals surface area contributed by atoms with Gasteiger partial charge in [-0.05, 0) is 13.8 Å². The summed E-state index contributed by atoms with van der Waals surface area (Å²) in [4.78, 5) is 0. The number of nitrogens with two attached hydrogens (primary N) is 1. The van der Waals surface area contributed by atoms with Crippen LogP contribution in [0.25, 0.3) is 5.65 Å². The van der Waals surface area contributed by atoms with E-state index in [1.807, 2.05) is 19.9 Å². The zero-order chi connectivity index (χ0) is 9.42. The molecule has 13 heavy (non-hydrogen) atoms. The van der Waals surface area contributed by atoms with Crippen LogP contribution in [-0.2, 0) is 6.54 Å².